The highest BCUT2D eigenvalue weighted by atomic mass is 16.5. The Kier molecular flexibility index (Phi) is 2.68. The number of nitrogens with two attached hydrogens (primary N) is 5. The third kappa shape index (κ3) is 1.43. The Morgan fingerprint density at radius 3 is 2.39 bits per heavy atom. The number of fused-ring (bicyclic) bond motifs is 1. The molecule has 0 saturated heterocycles. The fourth-order valence-electron chi connectivity index (χ4n) is 2.05. The zero-order chi connectivity index (χ0) is 13.6. The van der Waals surface area contributed by atoms with Crippen molar-refractivity contribution in [1.82, 2.24) is 0 Å². The summed E-state index contributed by atoms with van der Waals surface area (Å²) in [7, 11) is 1.35. The molecule has 1 aromatic carbocycles. The highest BCUT2D eigenvalue weighted by Gasteiger charge is 2.37. The topological polar surface area (TPSA) is 166 Å². The van der Waals surface area contributed by atoms with Crippen LogP contribution in [-0.2, 0) is 0 Å². The lowest BCUT2D eigenvalue weighted by molar-refractivity contribution is 0.0998. The summed E-state index contributed by atoms with van der Waals surface area (Å²) < 4.78 is 10.4. The first kappa shape index (κ1) is 12.3. The van der Waals surface area contributed by atoms with Crippen LogP contribution in [0.3, 0.4) is 0 Å². The molecule has 0 bridgehead atoms. The standard InChI is InChI=1S/C10H15N5O3/c1-17-7-3(9(14)16)4(11)2-5(12)10(15)18-8(2)6(7)13/h5,10H,11-13,15H2,1H3,(H2,14,16). The smallest absolute Gasteiger partial charge is 0.254 e. The van der Waals surface area contributed by atoms with Gasteiger partial charge in [0.15, 0.2) is 17.7 Å². The summed E-state index contributed by atoms with van der Waals surface area (Å²) in [4.78, 5) is 11.4. The van der Waals surface area contributed by atoms with Crippen LogP contribution in [0.5, 0.6) is 11.5 Å². The minimum atomic E-state index is -0.780. The Morgan fingerprint density at radius 2 is 1.89 bits per heavy atom. The maximum atomic E-state index is 11.4. The zero-order valence-corrected chi connectivity index (χ0v) is 9.77. The number of methoxy groups -OCH3 is 1. The van der Waals surface area contributed by atoms with Gasteiger partial charge >= 0.3 is 0 Å². The number of primary amides is 1. The molecular weight excluding hydrogens is 238 g/mol. The van der Waals surface area contributed by atoms with E-state index in [0.29, 0.717) is 5.56 Å². The third-order valence-corrected chi connectivity index (χ3v) is 2.91. The number of amides is 1. The van der Waals surface area contributed by atoms with Crippen molar-refractivity contribution in [2.45, 2.75) is 12.3 Å². The van der Waals surface area contributed by atoms with Gasteiger partial charge in [0, 0.05) is 5.56 Å². The fourth-order valence-corrected chi connectivity index (χ4v) is 2.05. The second-order valence-corrected chi connectivity index (χ2v) is 3.95. The van der Waals surface area contributed by atoms with E-state index in [4.69, 9.17) is 38.1 Å². The van der Waals surface area contributed by atoms with Gasteiger partial charge in [-0.1, -0.05) is 0 Å². The lowest BCUT2D eigenvalue weighted by Crippen LogP contribution is -2.34. The van der Waals surface area contributed by atoms with Crippen LogP contribution in [-0.4, -0.2) is 19.2 Å². The number of anilines is 2. The summed E-state index contributed by atoms with van der Waals surface area (Å²) in [5.41, 5.74) is 29.1. The van der Waals surface area contributed by atoms with Gasteiger partial charge in [-0.25, -0.2) is 0 Å². The highest BCUT2D eigenvalue weighted by Crippen LogP contribution is 2.49. The van der Waals surface area contributed by atoms with E-state index in [9.17, 15) is 4.79 Å². The van der Waals surface area contributed by atoms with Crippen molar-refractivity contribution in [3.8, 4) is 11.5 Å². The first-order valence-electron chi connectivity index (χ1n) is 5.16. The summed E-state index contributed by atoms with van der Waals surface area (Å²) >= 11 is 0. The van der Waals surface area contributed by atoms with Gasteiger partial charge in [-0.3, -0.25) is 10.5 Å². The van der Waals surface area contributed by atoms with Gasteiger partial charge in [-0.2, -0.15) is 0 Å². The predicted octanol–water partition coefficient (Wildman–Crippen LogP) is -1.36. The van der Waals surface area contributed by atoms with E-state index >= 15 is 0 Å². The fraction of sp³-hybridized carbons (Fsp3) is 0.300. The van der Waals surface area contributed by atoms with E-state index < -0.39 is 18.2 Å². The lowest BCUT2D eigenvalue weighted by atomic mass is 9.98. The van der Waals surface area contributed by atoms with Crippen molar-refractivity contribution in [2.75, 3.05) is 18.6 Å². The molecule has 1 aromatic rings. The van der Waals surface area contributed by atoms with E-state index in [-0.39, 0.29) is 28.4 Å². The highest BCUT2D eigenvalue weighted by molar-refractivity contribution is 6.05. The summed E-state index contributed by atoms with van der Waals surface area (Å²) in [5.74, 6) is -0.444. The van der Waals surface area contributed by atoms with Crippen molar-refractivity contribution in [3.05, 3.63) is 11.1 Å². The Morgan fingerprint density at radius 1 is 1.28 bits per heavy atom. The van der Waals surface area contributed by atoms with Crippen LogP contribution in [0.1, 0.15) is 22.0 Å². The van der Waals surface area contributed by atoms with E-state index in [1.807, 2.05) is 0 Å². The summed E-state index contributed by atoms with van der Waals surface area (Å²) in [6, 6.07) is -0.675. The van der Waals surface area contributed by atoms with Crippen LogP contribution in [0.2, 0.25) is 0 Å². The predicted molar refractivity (Wildman–Crippen MR) is 65.9 cm³/mol. The number of ether oxygens (including phenoxy) is 2. The molecule has 2 atom stereocenters. The van der Waals surface area contributed by atoms with Crippen molar-refractivity contribution < 1.29 is 14.3 Å². The molecule has 8 heteroatoms. The molecule has 0 aromatic heterocycles. The maximum absolute atomic E-state index is 11.4. The van der Waals surface area contributed by atoms with Crippen LogP contribution < -0.4 is 38.1 Å². The molecule has 0 saturated carbocycles. The normalized spacial score (nSPS) is 21.3. The molecule has 1 heterocycles. The first-order chi connectivity index (χ1) is 8.40. The van der Waals surface area contributed by atoms with E-state index in [1.54, 1.807) is 0 Å². The first-order valence-corrected chi connectivity index (χ1v) is 5.16. The summed E-state index contributed by atoms with van der Waals surface area (Å²) in [6.45, 7) is 0. The van der Waals surface area contributed by atoms with Crippen molar-refractivity contribution in [1.29, 1.82) is 0 Å². The van der Waals surface area contributed by atoms with Crippen molar-refractivity contribution in [3.63, 3.8) is 0 Å². The summed E-state index contributed by atoms with van der Waals surface area (Å²) in [6.07, 6.45) is -0.780. The maximum Gasteiger partial charge on any atom is 0.254 e. The number of carbonyl (C=O) groups excluding carboxylic acids is 1. The molecule has 0 spiro atoms. The number of hydrogen-bond acceptors (Lipinski definition) is 7. The molecule has 0 radical (unpaired) electrons. The number of carbonyl (C=O) groups is 1. The van der Waals surface area contributed by atoms with Gasteiger partial charge in [0.2, 0.25) is 0 Å². The number of nitrogen functional groups attached to an aromatic ring is 2. The minimum absolute atomic E-state index is 0.0121. The van der Waals surface area contributed by atoms with Gasteiger partial charge in [0.05, 0.1) is 18.8 Å². The van der Waals surface area contributed by atoms with Gasteiger partial charge in [-0.05, 0) is 0 Å². The largest absolute Gasteiger partial charge is 0.494 e. The number of hydrogen-bond donors (Lipinski definition) is 5. The van der Waals surface area contributed by atoms with E-state index in [2.05, 4.69) is 0 Å². The molecule has 0 fully saturated rings. The molecule has 18 heavy (non-hydrogen) atoms. The molecule has 98 valence electrons. The SMILES string of the molecule is COc1c(N)c2c(c(N)c1C(N)=O)C(N)C(N)O2. The molecule has 8 nitrogen and oxygen atoms in total. The molecule has 1 aliphatic rings. The van der Waals surface area contributed by atoms with Crippen molar-refractivity contribution in [2.24, 2.45) is 17.2 Å². The van der Waals surface area contributed by atoms with Crippen LogP contribution in [0.15, 0.2) is 0 Å². The Hall–Kier alpha value is -2.19. The second kappa shape index (κ2) is 3.93. The van der Waals surface area contributed by atoms with Gasteiger partial charge < -0.3 is 32.4 Å². The molecule has 1 amide bonds. The van der Waals surface area contributed by atoms with Gasteiger partial charge in [0.25, 0.3) is 5.91 Å². The Labute approximate surface area is 103 Å². The molecule has 10 N–H and O–H groups in total. The second-order valence-electron chi connectivity index (χ2n) is 3.95. The lowest BCUT2D eigenvalue weighted by Gasteiger charge is -2.16. The molecule has 0 aliphatic carbocycles. The molecule has 1 aliphatic heterocycles. The summed E-state index contributed by atoms with van der Waals surface area (Å²) in [5, 5.41) is 0. The molecule has 2 rings (SSSR count). The third-order valence-electron chi connectivity index (χ3n) is 2.91. The minimum Gasteiger partial charge on any atom is -0.494 e. The number of rotatable bonds is 2. The zero-order valence-electron chi connectivity index (χ0n) is 9.77. The number of benzene rings is 1. The quantitative estimate of drug-likeness (QED) is 0.405. The van der Waals surface area contributed by atoms with Gasteiger partial charge in [0.1, 0.15) is 11.3 Å². The average Bonchev–Trinajstić information content (AvgIpc) is 2.60. The van der Waals surface area contributed by atoms with Crippen LogP contribution in [0, 0.1) is 0 Å². The van der Waals surface area contributed by atoms with Crippen LogP contribution in [0.25, 0.3) is 0 Å². The van der Waals surface area contributed by atoms with Gasteiger partial charge in [-0.15, -0.1) is 0 Å². The average molecular weight is 253 g/mol. The Balaban J connectivity index is 2.81. The van der Waals surface area contributed by atoms with Crippen LogP contribution in [0.4, 0.5) is 11.4 Å². The van der Waals surface area contributed by atoms with E-state index in [0.717, 1.165) is 0 Å². The monoisotopic (exact) mass is 253 g/mol. The van der Waals surface area contributed by atoms with E-state index in [1.165, 1.54) is 7.11 Å². The molecular formula is C10H15N5O3. The van der Waals surface area contributed by atoms with Crippen molar-refractivity contribution >= 4 is 17.3 Å². The Bertz CT molecular complexity index is 531. The molecule has 2 unspecified atom stereocenters. The van der Waals surface area contributed by atoms with Crippen LogP contribution >= 0.6 is 0 Å².